The predicted molar refractivity (Wildman–Crippen MR) is 58.3 cm³/mol. The highest BCUT2D eigenvalue weighted by molar-refractivity contribution is 6.08. The molecule has 2 bridgehead atoms. The Morgan fingerprint density at radius 1 is 1.33 bits per heavy atom. The van der Waals surface area contributed by atoms with Crippen molar-refractivity contribution < 1.29 is 9.59 Å². The van der Waals surface area contributed by atoms with E-state index in [-0.39, 0.29) is 22.9 Å². The molecule has 0 radical (unpaired) electrons. The number of ketones is 2. The van der Waals surface area contributed by atoms with Crippen molar-refractivity contribution >= 4 is 11.6 Å². The lowest BCUT2D eigenvalue weighted by Gasteiger charge is -2.46. The Kier molecular flexibility index (Phi) is 1.85. The molecule has 0 aromatic carbocycles. The first-order valence-corrected chi connectivity index (χ1v) is 5.27. The molecule has 2 unspecified atom stereocenters. The van der Waals surface area contributed by atoms with Gasteiger partial charge in [0.25, 0.3) is 0 Å². The normalized spacial score (nSPS) is 36.7. The van der Waals surface area contributed by atoms with Gasteiger partial charge in [-0.3, -0.25) is 9.59 Å². The number of hydrogen-bond donors (Lipinski definition) is 0. The van der Waals surface area contributed by atoms with Crippen LogP contribution in [0.5, 0.6) is 0 Å². The third-order valence-electron chi connectivity index (χ3n) is 3.81. The van der Waals surface area contributed by atoms with Crippen molar-refractivity contribution in [2.24, 2.45) is 16.7 Å². The molecule has 3 aliphatic carbocycles. The van der Waals surface area contributed by atoms with Crippen LogP contribution in [0.2, 0.25) is 0 Å². The fraction of sp³-hybridized carbons (Fsp3) is 0.538. The van der Waals surface area contributed by atoms with Crippen LogP contribution in [0.15, 0.2) is 23.8 Å². The minimum absolute atomic E-state index is 0.00991. The van der Waals surface area contributed by atoms with Crippen LogP contribution in [0.25, 0.3) is 0 Å². The highest BCUT2D eigenvalue weighted by Gasteiger charge is 2.53. The molecule has 0 saturated heterocycles. The molecule has 2 heteroatoms. The molecule has 0 spiro atoms. The van der Waals surface area contributed by atoms with E-state index < -0.39 is 5.41 Å². The summed E-state index contributed by atoms with van der Waals surface area (Å²) in [6.07, 6.45) is 5.90. The molecular weight excluding hydrogens is 188 g/mol. The van der Waals surface area contributed by atoms with E-state index in [0.717, 1.165) is 0 Å². The van der Waals surface area contributed by atoms with E-state index in [1.165, 1.54) is 6.92 Å². The van der Waals surface area contributed by atoms with Crippen LogP contribution < -0.4 is 0 Å². The monoisotopic (exact) mass is 204 g/mol. The number of rotatable bonds is 1. The molecule has 0 N–H and O–H groups in total. The molecule has 3 rings (SSSR count). The Morgan fingerprint density at radius 3 is 2.47 bits per heavy atom. The van der Waals surface area contributed by atoms with Crippen LogP contribution in [0, 0.1) is 16.7 Å². The lowest BCUT2D eigenvalue weighted by molar-refractivity contribution is -0.137. The van der Waals surface area contributed by atoms with E-state index in [2.05, 4.69) is 0 Å². The van der Waals surface area contributed by atoms with Gasteiger partial charge in [-0.15, -0.1) is 0 Å². The minimum atomic E-state index is -0.690. The third kappa shape index (κ3) is 1.11. The average molecular weight is 204 g/mol. The molecule has 2 atom stereocenters. The van der Waals surface area contributed by atoms with Crippen molar-refractivity contribution in [3.05, 3.63) is 23.8 Å². The molecule has 0 heterocycles. The summed E-state index contributed by atoms with van der Waals surface area (Å²) in [7, 11) is 0. The molecule has 0 fully saturated rings. The zero-order chi connectivity index (χ0) is 11.4. The van der Waals surface area contributed by atoms with E-state index in [1.54, 1.807) is 0 Å². The zero-order valence-corrected chi connectivity index (χ0v) is 9.63. The summed E-state index contributed by atoms with van der Waals surface area (Å²) in [6, 6.07) is 0. The molecule has 80 valence electrons. The first kappa shape index (κ1) is 10.3. The largest absolute Gasteiger partial charge is 0.298 e. The van der Waals surface area contributed by atoms with Crippen LogP contribution in [-0.2, 0) is 9.59 Å². The summed E-state index contributed by atoms with van der Waals surface area (Å²) in [5.41, 5.74) is -0.397. The molecule has 15 heavy (non-hydrogen) atoms. The molecule has 0 aromatic rings. The standard InChI is InChI=1S/C13H16O2/c1-8(14)10-7-9-5-6-13(10,4)11(15)12(9,2)3/h5-7,9H,1-4H3. The van der Waals surface area contributed by atoms with Gasteiger partial charge in [0.2, 0.25) is 0 Å². The Morgan fingerprint density at radius 2 is 1.93 bits per heavy atom. The van der Waals surface area contributed by atoms with Crippen molar-refractivity contribution in [2.45, 2.75) is 27.7 Å². The van der Waals surface area contributed by atoms with E-state index in [1.807, 2.05) is 39.0 Å². The van der Waals surface area contributed by atoms with Crippen LogP contribution in [0.3, 0.4) is 0 Å². The van der Waals surface area contributed by atoms with Crippen LogP contribution >= 0.6 is 0 Å². The average Bonchev–Trinajstić information content (AvgIpc) is 2.14. The number of allylic oxidation sites excluding steroid dienone is 4. The Balaban J connectivity index is 2.63. The van der Waals surface area contributed by atoms with Crippen molar-refractivity contribution in [2.75, 3.05) is 0 Å². The second kappa shape index (κ2) is 2.69. The van der Waals surface area contributed by atoms with Crippen molar-refractivity contribution in [1.29, 1.82) is 0 Å². The van der Waals surface area contributed by atoms with E-state index in [9.17, 15) is 9.59 Å². The molecule has 3 aliphatic rings. The Bertz CT molecular complexity index is 412. The van der Waals surface area contributed by atoms with Gasteiger partial charge < -0.3 is 0 Å². The summed E-state index contributed by atoms with van der Waals surface area (Å²) in [4.78, 5) is 23.8. The highest BCUT2D eigenvalue weighted by Crippen LogP contribution is 2.51. The smallest absolute Gasteiger partial charge is 0.156 e. The Hall–Kier alpha value is -1.18. The molecule has 2 nitrogen and oxygen atoms in total. The van der Waals surface area contributed by atoms with E-state index >= 15 is 0 Å². The van der Waals surface area contributed by atoms with Crippen LogP contribution in [-0.4, -0.2) is 11.6 Å². The topological polar surface area (TPSA) is 34.1 Å². The van der Waals surface area contributed by atoms with Gasteiger partial charge in [0.15, 0.2) is 11.6 Å². The van der Waals surface area contributed by atoms with Crippen molar-refractivity contribution in [3.63, 3.8) is 0 Å². The fourth-order valence-corrected chi connectivity index (χ4v) is 2.74. The van der Waals surface area contributed by atoms with Gasteiger partial charge in [-0.25, -0.2) is 0 Å². The maximum absolute atomic E-state index is 12.3. The highest BCUT2D eigenvalue weighted by atomic mass is 16.1. The SMILES string of the molecule is CC(=O)C1=CC2C=CC1(C)C(=O)C2(C)C. The Labute approximate surface area is 90.1 Å². The van der Waals surface area contributed by atoms with Crippen molar-refractivity contribution in [1.82, 2.24) is 0 Å². The van der Waals surface area contributed by atoms with Gasteiger partial charge in [0, 0.05) is 16.9 Å². The molecule has 0 aromatic heterocycles. The van der Waals surface area contributed by atoms with Crippen LogP contribution in [0.1, 0.15) is 27.7 Å². The van der Waals surface area contributed by atoms with Gasteiger partial charge in [-0.05, 0) is 13.8 Å². The quantitative estimate of drug-likeness (QED) is 0.614. The van der Waals surface area contributed by atoms with E-state index in [0.29, 0.717) is 5.57 Å². The van der Waals surface area contributed by atoms with Crippen molar-refractivity contribution in [3.8, 4) is 0 Å². The van der Waals surface area contributed by atoms with Gasteiger partial charge in [0.1, 0.15) is 0 Å². The van der Waals surface area contributed by atoms with E-state index in [4.69, 9.17) is 0 Å². The zero-order valence-electron chi connectivity index (χ0n) is 9.63. The predicted octanol–water partition coefficient (Wildman–Crippen LogP) is 2.30. The maximum atomic E-state index is 12.3. The van der Waals surface area contributed by atoms with Gasteiger partial charge >= 0.3 is 0 Å². The first-order valence-electron chi connectivity index (χ1n) is 5.27. The number of hydrogen-bond acceptors (Lipinski definition) is 2. The lowest BCUT2D eigenvalue weighted by atomic mass is 9.54. The summed E-state index contributed by atoms with van der Waals surface area (Å²) in [5, 5.41) is 0. The number of carbonyl (C=O) groups excluding carboxylic acids is 2. The first-order chi connectivity index (χ1) is 6.80. The summed E-state index contributed by atoms with van der Waals surface area (Å²) >= 11 is 0. The number of fused-ring (bicyclic) bond motifs is 1. The molecular formula is C13H16O2. The maximum Gasteiger partial charge on any atom is 0.156 e. The van der Waals surface area contributed by atoms with Gasteiger partial charge in [0.05, 0.1) is 5.41 Å². The summed E-state index contributed by atoms with van der Waals surface area (Å²) in [5.74, 6) is 0.247. The number of Topliss-reactive ketones (excluding diaryl/α,β-unsaturated/α-hetero) is 2. The summed E-state index contributed by atoms with van der Waals surface area (Å²) in [6.45, 7) is 7.28. The van der Waals surface area contributed by atoms with Gasteiger partial charge in [-0.2, -0.15) is 0 Å². The fourth-order valence-electron chi connectivity index (χ4n) is 2.74. The molecule has 0 amide bonds. The second-order valence-electron chi connectivity index (χ2n) is 5.27. The van der Waals surface area contributed by atoms with Gasteiger partial charge in [-0.1, -0.05) is 32.1 Å². The number of carbonyl (C=O) groups is 2. The molecule has 0 saturated carbocycles. The minimum Gasteiger partial charge on any atom is -0.298 e. The lowest BCUT2D eigenvalue weighted by Crippen LogP contribution is -2.50. The molecule has 0 aliphatic heterocycles. The summed E-state index contributed by atoms with van der Waals surface area (Å²) < 4.78 is 0. The van der Waals surface area contributed by atoms with Crippen LogP contribution in [0.4, 0.5) is 0 Å². The second-order valence-corrected chi connectivity index (χ2v) is 5.27. The third-order valence-corrected chi connectivity index (χ3v) is 3.81.